The summed E-state index contributed by atoms with van der Waals surface area (Å²) in [5.41, 5.74) is 2.23. The summed E-state index contributed by atoms with van der Waals surface area (Å²) in [6, 6.07) is 9.78. The van der Waals surface area contributed by atoms with Crippen molar-refractivity contribution in [2.75, 3.05) is 11.4 Å². The van der Waals surface area contributed by atoms with Crippen molar-refractivity contribution in [2.45, 2.75) is 31.2 Å². The van der Waals surface area contributed by atoms with E-state index >= 15 is 0 Å². The molecule has 1 fully saturated rings. The normalized spacial score (nSPS) is 18.0. The number of sulfonamides is 1. The molecule has 132 valence electrons. The van der Waals surface area contributed by atoms with Crippen LogP contribution in [-0.2, 0) is 14.8 Å². The minimum Gasteiger partial charge on any atom is -0.311 e. The second-order valence-electron chi connectivity index (χ2n) is 6.25. The first-order valence-corrected chi connectivity index (χ1v) is 9.42. The Morgan fingerprint density at radius 2 is 1.68 bits per heavy atom. The van der Waals surface area contributed by atoms with Gasteiger partial charge in [-0.25, -0.2) is 12.8 Å². The van der Waals surface area contributed by atoms with E-state index in [9.17, 15) is 17.6 Å². The molecule has 1 heterocycles. The lowest BCUT2D eigenvalue weighted by molar-refractivity contribution is -0.118. The molecule has 25 heavy (non-hydrogen) atoms. The van der Waals surface area contributed by atoms with Gasteiger partial charge >= 0.3 is 0 Å². The Balaban J connectivity index is 1.79. The van der Waals surface area contributed by atoms with E-state index in [1.807, 2.05) is 19.9 Å². The van der Waals surface area contributed by atoms with Crippen LogP contribution < -0.4 is 9.62 Å². The molecule has 3 rings (SSSR count). The monoisotopic (exact) mass is 362 g/mol. The lowest BCUT2D eigenvalue weighted by atomic mass is 10.2. The molecule has 1 saturated heterocycles. The Bertz CT molecular complexity index is 890. The number of halogens is 1. The second-order valence-corrected chi connectivity index (χ2v) is 7.97. The number of carbonyl (C=O) groups excluding carboxylic acids is 1. The molecule has 1 amide bonds. The first-order valence-electron chi connectivity index (χ1n) is 7.94. The van der Waals surface area contributed by atoms with E-state index in [-0.39, 0.29) is 16.6 Å². The van der Waals surface area contributed by atoms with Crippen LogP contribution in [0.1, 0.15) is 17.5 Å². The van der Waals surface area contributed by atoms with E-state index in [4.69, 9.17) is 0 Å². The zero-order valence-corrected chi connectivity index (χ0v) is 14.8. The molecule has 1 N–H and O–H groups in total. The fourth-order valence-electron chi connectivity index (χ4n) is 3.01. The van der Waals surface area contributed by atoms with E-state index < -0.39 is 16.1 Å². The largest absolute Gasteiger partial charge is 0.311 e. The molecule has 2 aromatic rings. The van der Waals surface area contributed by atoms with Gasteiger partial charge in [-0.3, -0.25) is 4.79 Å². The van der Waals surface area contributed by atoms with Gasteiger partial charge in [0.15, 0.2) is 0 Å². The number of carbonyl (C=O) groups is 1. The Morgan fingerprint density at radius 1 is 1.08 bits per heavy atom. The zero-order valence-electron chi connectivity index (χ0n) is 14.0. The quantitative estimate of drug-likeness (QED) is 0.909. The molecule has 0 unspecified atom stereocenters. The fourth-order valence-corrected chi connectivity index (χ4v) is 4.42. The summed E-state index contributed by atoms with van der Waals surface area (Å²) in [6.45, 7) is 4.02. The number of hydrogen-bond acceptors (Lipinski definition) is 3. The van der Waals surface area contributed by atoms with Crippen molar-refractivity contribution in [3.8, 4) is 0 Å². The summed E-state index contributed by atoms with van der Waals surface area (Å²) in [5, 5.41) is 0. The van der Waals surface area contributed by atoms with Crippen molar-refractivity contribution in [3.63, 3.8) is 0 Å². The molecule has 0 spiro atoms. The van der Waals surface area contributed by atoms with E-state index in [1.54, 1.807) is 12.1 Å². The van der Waals surface area contributed by atoms with Crippen molar-refractivity contribution in [3.05, 3.63) is 59.4 Å². The van der Waals surface area contributed by atoms with E-state index in [1.165, 1.54) is 29.2 Å². The second kappa shape index (κ2) is 6.57. The summed E-state index contributed by atoms with van der Waals surface area (Å²) >= 11 is 0. The van der Waals surface area contributed by atoms with E-state index in [0.717, 1.165) is 11.1 Å². The molecule has 0 saturated carbocycles. The number of nitrogens with zero attached hydrogens (tertiary/aromatic N) is 1. The Labute approximate surface area is 146 Å². The summed E-state index contributed by atoms with van der Waals surface area (Å²) in [5.74, 6) is -0.720. The molecule has 7 heteroatoms. The highest BCUT2D eigenvalue weighted by atomic mass is 32.2. The minimum absolute atomic E-state index is 0.151. The maximum atomic E-state index is 13.0. The maximum Gasteiger partial charge on any atom is 0.245 e. The minimum atomic E-state index is -3.79. The standard InChI is InChI=1S/C18H19FN2O3S/c1-12-9-13(2)11-16(10-12)25(23,24)20-17-7-8-21(18(17)22)15-5-3-14(19)4-6-15/h3-6,9-11,17,20H,7-8H2,1-2H3/t17-/m1/s1. The van der Waals surface area contributed by atoms with E-state index in [0.29, 0.717) is 18.7 Å². The van der Waals surface area contributed by atoms with Crippen LogP contribution in [0.25, 0.3) is 0 Å². The van der Waals surface area contributed by atoms with Crippen LogP contribution in [0.4, 0.5) is 10.1 Å². The molecule has 5 nitrogen and oxygen atoms in total. The highest BCUT2D eigenvalue weighted by Gasteiger charge is 2.35. The Kier molecular flexibility index (Phi) is 4.62. The average molecular weight is 362 g/mol. The first kappa shape index (κ1) is 17.6. The van der Waals surface area contributed by atoms with Gasteiger partial charge in [-0.15, -0.1) is 0 Å². The van der Waals surface area contributed by atoms with Gasteiger partial charge in [-0.05, 0) is 67.8 Å². The number of anilines is 1. The van der Waals surface area contributed by atoms with Crippen LogP contribution in [-0.4, -0.2) is 26.9 Å². The van der Waals surface area contributed by atoms with Gasteiger partial charge in [-0.1, -0.05) is 6.07 Å². The highest BCUT2D eigenvalue weighted by molar-refractivity contribution is 7.89. The van der Waals surface area contributed by atoms with Crippen LogP contribution in [0.3, 0.4) is 0 Å². The summed E-state index contributed by atoms with van der Waals surface area (Å²) in [6.07, 6.45) is 0.361. The van der Waals surface area contributed by atoms with Crippen LogP contribution in [0.15, 0.2) is 47.4 Å². The van der Waals surface area contributed by atoms with E-state index in [2.05, 4.69) is 4.72 Å². The fraction of sp³-hybridized carbons (Fsp3) is 0.278. The first-order chi connectivity index (χ1) is 11.8. The van der Waals surface area contributed by atoms with Gasteiger partial charge in [0.05, 0.1) is 4.90 Å². The zero-order chi connectivity index (χ0) is 18.2. The van der Waals surface area contributed by atoms with Gasteiger partial charge < -0.3 is 4.90 Å². The highest BCUT2D eigenvalue weighted by Crippen LogP contribution is 2.23. The van der Waals surface area contributed by atoms with Crippen molar-refractivity contribution in [1.82, 2.24) is 4.72 Å². The molecular formula is C18H19FN2O3S. The van der Waals surface area contributed by atoms with Gasteiger partial charge in [0.25, 0.3) is 0 Å². The lowest BCUT2D eigenvalue weighted by Crippen LogP contribution is -2.41. The van der Waals surface area contributed by atoms with Gasteiger partial charge in [0, 0.05) is 12.2 Å². The number of hydrogen-bond donors (Lipinski definition) is 1. The predicted octanol–water partition coefficient (Wildman–Crippen LogP) is 2.53. The molecule has 1 aliphatic rings. The molecule has 0 radical (unpaired) electrons. The van der Waals surface area contributed by atoms with Crippen molar-refractivity contribution >= 4 is 21.6 Å². The summed E-state index contributed by atoms with van der Waals surface area (Å²) in [4.78, 5) is 14.2. The third-order valence-electron chi connectivity index (χ3n) is 4.15. The molecule has 2 aromatic carbocycles. The number of amides is 1. The van der Waals surface area contributed by atoms with Crippen LogP contribution in [0.2, 0.25) is 0 Å². The van der Waals surface area contributed by atoms with Gasteiger partial charge in [-0.2, -0.15) is 4.72 Å². The Morgan fingerprint density at radius 3 is 2.28 bits per heavy atom. The number of benzene rings is 2. The Hall–Kier alpha value is -2.25. The van der Waals surface area contributed by atoms with Gasteiger partial charge in [0.1, 0.15) is 11.9 Å². The van der Waals surface area contributed by atoms with Gasteiger partial charge in [0.2, 0.25) is 15.9 Å². The summed E-state index contributed by atoms with van der Waals surface area (Å²) in [7, 11) is -3.79. The predicted molar refractivity (Wildman–Crippen MR) is 93.4 cm³/mol. The molecule has 1 atom stereocenters. The van der Waals surface area contributed by atoms with Crippen LogP contribution >= 0.6 is 0 Å². The topological polar surface area (TPSA) is 66.5 Å². The maximum absolute atomic E-state index is 13.0. The van der Waals surface area contributed by atoms with Crippen molar-refractivity contribution < 1.29 is 17.6 Å². The smallest absolute Gasteiger partial charge is 0.245 e. The van der Waals surface area contributed by atoms with Crippen molar-refractivity contribution in [2.24, 2.45) is 0 Å². The number of nitrogens with one attached hydrogen (secondary N) is 1. The molecule has 0 bridgehead atoms. The lowest BCUT2D eigenvalue weighted by Gasteiger charge is -2.17. The molecule has 0 aliphatic carbocycles. The molecular weight excluding hydrogens is 343 g/mol. The third kappa shape index (κ3) is 3.72. The summed E-state index contributed by atoms with van der Waals surface area (Å²) < 4.78 is 40.7. The average Bonchev–Trinajstić information content (AvgIpc) is 2.88. The van der Waals surface area contributed by atoms with Crippen molar-refractivity contribution in [1.29, 1.82) is 0 Å². The van der Waals surface area contributed by atoms with Crippen LogP contribution in [0.5, 0.6) is 0 Å². The van der Waals surface area contributed by atoms with Crippen LogP contribution in [0, 0.1) is 19.7 Å². The molecule has 1 aliphatic heterocycles. The third-order valence-corrected chi connectivity index (χ3v) is 5.60. The number of rotatable bonds is 4. The SMILES string of the molecule is Cc1cc(C)cc(S(=O)(=O)N[C@@H]2CCN(c3ccc(F)cc3)C2=O)c1. The number of aryl methyl sites for hydroxylation is 2. The molecule has 0 aromatic heterocycles.